The summed E-state index contributed by atoms with van der Waals surface area (Å²) in [6.07, 6.45) is 3.39. The Hall–Kier alpha value is -3.10. The van der Waals surface area contributed by atoms with E-state index in [9.17, 15) is 12.8 Å². The summed E-state index contributed by atoms with van der Waals surface area (Å²) in [6.45, 7) is 7.72. The maximum atomic E-state index is 14.7. The number of hydrogen-bond acceptors (Lipinski definition) is 10. The molecule has 1 unspecified atom stereocenters. The van der Waals surface area contributed by atoms with Crippen LogP contribution in [0.2, 0.25) is 0 Å². The molecule has 0 aliphatic carbocycles. The van der Waals surface area contributed by atoms with E-state index in [1.807, 2.05) is 20.8 Å². The van der Waals surface area contributed by atoms with Crippen molar-refractivity contribution in [2.45, 2.75) is 50.5 Å². The molecule has 1 atom stereocenters. The topological polar surface area (TPSA) is 128 Å². The van der Waals surface area contributed by atoms with Crippen LogP contribution in [0.15, 0.2) is 33.8 Å². The molecule has 4 heterocycles. The Morgan fingerprint density at radius 2 is 1.97 bits per heavy atom. The van der Waals surface area contributed by atoms with Gasteiger partial charge >= 0.3 is 6.01 Å². The molecule has 1 N–H and O–H groups in total. The van der Waals surface area contributed by atoms with E-state index in [2.05, 4.69) is 29.8 Å². The summed E-state index contributed by atoms with van der Waals surface area (Å²) < 4.78 is 53.8. The molecule has 1 aliphatic heterocycles. The zero-order chi connectivity index (χ0) is 26.3. The van der Waals surface area contributed by atoms with Gasteiger partial charge < -0.3 is 14.2 Å². The van der Waals surface area contributed by atoms with Gasteiger partial charge in [0.05, 0.1) is 16.8 Å². The van der Waals surface area contributed by atoms with Gasteiger partial charge in [0.1, 0.15) is 11.9 Å². The van der Waals surface area contributed by atoms with Gasteiger partial charge in [0, 0.05) is 24.6 Å². The normalized spacial score (nSPS) is 16.1. The summed E-state index contributed by atoms with van der Waals surface area (Å²) in [7, 11) is -2.46. The number of benzene rings is 1. The minimum atomic E-state index is -3.74. The average molecular weight is 550 g/mol. The van der Waals surface area contributed by atoms with Crippen molar-refractivity contribution in [3.05, 3.63) is 36.0 Å². The highest BCUT2D eigenvalue weighted by Gasteiger charge is 2.28. The van der Waals surface area contributed by atoms with Crippen LogP contribution in [0.5, 0.6) is 5.19 Å². The van der Waals surface area contributed by atoms with Gasteiger partial charge in [-0.2, -0.15) is 4.98 Å². The smallest absolute Gasteiger partial charge is 0.324 e. The summed E-state index contributed by atoms with van der Waals surface area (Å²) >= 11 is 1.27. The number of ether oxygens (including phenoxy) is 1. The summed E-state index contributed by atoms with van der Waals surface area (Å²) in [5.74, 6) is 0.601. The van der Waals surface area contributed by atoms with Crippen molar-refractivity contribution in [3.8, 4) is 16.5 Å². The second kappa shape index (κ2) is 9.99. The molecule has 14 heteroatoms. The Balaban J connectivity index is 1.22. The fourth-order valence-electron chi connectivity index (χ4n) is 4.25. The highest BCUT2D eigenvalue weighted by atomic mass is 32.2. The van der Waals surface area contributed by atoms with E-state index in [1.54, 1.807) is 10.7 Å². The molecule has 1 fully saturated rings. The van der Waals surface area contributed by atoms with Crippen molar-refractivity contribution in [2.24, 2.45) is 5.92 Å². The maximum absolute atomic E-state index is 14.7. The van der Waals surface area contributed by atoms with E-state index < -0.39 is 15.8 Å². The number of imidazole rings is 1. The Morgan fingerprint density at radius 1 is 1.22 bits per heavy atom. The van der Waals surface area contributed by atoms with Crippen molar-refractivity contribution in [3.63, 3.8) is 0 Å². The predicted molar refractivity (Wildman–Crippen MR) is 136 cm³/mol. The summed E-state index contributed by atoms with van der Waals surface area (Å²) in [5, 5.41) is 8.99. The van der Waals surface area contributed by atoms with Crippen LogP contribution in [0.3, 0.4) is 0 Å². The number of rotatable bonds is 8. The van der Waals surface area contributed by atoms with Crippen LogP contribution in [0, 0.1) is 11.7 Å². The number of piperidine rings is 1. The van der Waals surface area contributed by atoms with Crippen LogP contribution in [0.1, 0.15) is 45.4 Å². The second-order valence-corrected chi connectivity index (χ2v) is 12.1. The average Bonchev–Trinajstić information content (AvgIpc) is 3.59. The third kappa shape index (κ3) is 5.18. The molecule has 4 aromatic rings. The highest BCUT2D eigenvalue weighted by molar-refractivity contribution is 7.89. The van der Waals surface area contributed by atoms with Crippen molar-refractivity contribution < 1.29 is 22.1 Å². The van der Waals surface area contributed by atoms with Gasteiger partial charge in [-0.1, -0.05) is 19.0 Å². The molecule has 0 bridgehead atoms. The van der Waals surface area contributed by atoms with E-state index in [4.69, 9.17) is 9.26 Å². The molecular formula is C23H28FN7O4S2. The number of anilines is 1. The molecule has 37 heavy (non-hydrogen) atoms. The number of sulfonamides is 1. The second-order valence-electron chi connectivity index (χ2n) is 9.31. The first-order chi connectivity index (χ1) is 17.6. The number of halogens is 1. The van der Waals surface area contributed by atoms with Crippen LogP contribution >= 0.6 is 11.3 Å². The van der Waals surface area contributed by atoms with E-state index in [-0.39, 0.29) is 22.5 Å². The molecule has 1 saturated heterocycles. The van der Waals surface area contributed by atoms with Crippen LogP contribution in [0.4, 0.5) is 10.4 Å². The Kier molecular flexibility index (Phi) is 6.89. The fraction of sp³-hybridized carbons (Fsp3) is 0.478. The van der Waals surface area contributed by atoms with Crippen LogP contribution in [0.25, 0.3) is 16.2 Å². The molecule has 1 aromatic carbocycles. The first kappa shape index (κ1) is 25.5. The van der Waals surface area contributed by atoms with E-state index in [0.717, 1.165) is 32.0 Å². The summed E-state index contributed by atoms with van der Waals surface area (Å²) in [5.41, 5.74) is 0.551. The van der Waals surface area contributed by atoms with Crippen LogP contribution in [-0.4, -0.2) is 59.4 Å². The van der Waals surface area contributed by atoms with Gasteiger partial charge in [-0.05, 0) is 62.3 Å². The zero-order valence-electron chi connectivity index (χ0n) is 20.9. The van der Waals surface area contributed by atoms with E-state index in [0.29, 0.717) is 33.6 Å². The van der Waals surface area contributed by atoms with Crippen molar-refractivity contribution >= 4 is 32.3 Å². The molecule has 0 amide bonds. The lowest BCUT2D eigenvalue weighted by molar-refractivity contribution is 0.130. The lowest BCUT2D eigenvalue weighted by Gasteiger charge is -2.33. The minimum Gasteiger partial charge on any atom is -0.466 e. The molecule has 3 aromatic heterocycles. The van der Waals surface area contributed by atoms with Crippen LogP contribution < -0.4 is 14.4 Å². The Bertz CT molecular complexity index is 1470. The fourth-order valence-corrected chi connectivity index (χ4v) is 5.81. The first-order valence-corrected chi connectivity index (χ1v) is 14.3. The Labute approximate surface area is 217 Å². The molecule has 1 aliphatic rings. The SMILES string of the molecule is CNS(=O)(=O)c1ccc(-c2cn3nc(OC(C)C4CCN(c5nc(C(C)C)no5)CC4)sc3n2)c(F)c1. The molecule has 5 rings (SSSR count). The van der Waals surface area contributed by atoms with Crippen LogP contribution in [-0.2, 0) is 10.0 Å². The quantitative estimate of drug-likeness (QED) is 0.350. The lowest BCUT2D eigenvalue weighted by Crippen LogP contribution is -2.38. The number of hydrogen-bond donors (Lipinski definition) is 1. The molecule has 198 valence electrons. The summed E-state index contributed by atoms with van der Waals surface area (Å²) in [4.78, 5) is 11.5. The monoisotopic (exact) mass is 549 g/mol. The van der Waals surface area contributed by atoms with Gasteiger partial charge in [0.25, 0.3) is 5.19 Å². The van der Waals surface area contributed by atoms with Crippen molar-refractivity contribution in [2.75, 3.05) is 25.0 Å². The maximum Gasteiger partial charge on any atom is 0.324 e. The van der Waals surface area contributed by atoms with E-state index >= 15 is 0 Å². The number of fused-ring (bicyclic) bond motifs is 1. The number of nitrogens with zero attached hydrogens (tertiary/aromatic N) is 6. The molecule has 11 nitrogen and oxygen atoms in total. The third-order valence-electron chi connectivity index (χ3n) is 6.53. The number of nitrogens with one attached hydrogen (secondary N) is 1. The van der Waals surface area contributed by atoms with Gasteiger partial charge in [0.15, 0.2) is 5.82 Å². The summed E-state index contributed by atoms with van der Waals surface area (Å²) in [6, 6.07) is 4.29. The molecular weight excluding hydrogens is 521 g/mol. The van der Waals surface area contributed by atoms with E-state index in [1.165, 1.54) is 30.5 Å². The third-order valence-corrected chi connectivity index (χ3v) is 8.75. The van der Waals surface area contributed by atoms with Gasteiger partial charge in [-0.15, -0.1) is 5.10 Å². The predicted octanol–water partition coefficient (Wildman–Crippen LogP) is 3.70. The Morgan fingerprint density at radius 3 is 2.59 bits per heavy atom. The largest absolute Gasteiger partial charge is 0.466 e. The first-order valence-electron chi connectivity index (χ1n) is 12.0. The standard InChI is InChI=1S/C23H28FN7O4S2/c1-13(2)20-27-21(35-29-20)30-9-7-15(8-10-30)14(3)34-23-28-31-12-19(26-22(31)36-23)17-6-5-16(11-18(17)24)37(32,33)25-4/h5-6,11-15,25H,7-10H2,1-4H3. The number of aromatic nitrogens is 5. The van der Waals surface area contributed by atoms with Gasteiger partial charge in [-0.3, -0.25) is 0 Å². The van der Waals surface area contributed by atoms with Gasteiger partial charge in [0.2, 0.25) is 15.0 Å². The molecule has 0 radical (unpaired) electrons. The van der Waals surface area contributed by atoms with Gasteiger partial charge in [-0.25, -0.2) is 27.0 Å². The lowest BCUT2D eigenvalue weighted by atomic mass is 9.92. The van der Waals surface area contributed by atoms with Crippen molar-refractivity contribution in [1.82, 2.24) is 29.5 Å². The highest BCUT2D eigenvalue weighted by Crippen LogP contribution is 2.31. The molecule has 0 spiro atoms. The molecule has 0 saturated carbocycles. The minimum absolute atomic E-state index is 0.0505. The zero-order valence-corrected chi connectivity index (χ0v) is 22.5. The van der Waals surface area contributed by atoms with Crippen molar-refractivity contribution in [1.29, 1.82) is 0 Å².